The number of piperazine rings is 1. The summed E-state index contributed by atoms with van der Waals surface area (Å²) in [5.74, 6) is 1.86. The van der Waals surface area contributed by atoms with Crippen LogP contribution < -0.4 is 4.90 Å². The van der Waals surface area contributed by atoms with Crippen molar-refractivity contribution in [2.75, 3.05) is 36.8 Å². The van der Waals surface area contributed by atoms with Crippen LogP contribution in [0.3, 0.4) is 0 Å². The van der Waals surface area contributed by atoms with Crippen LogP contribution in [-0.2, 0) is 11.0 Å². The number of aromatic amines is 1. The average molecular weight is 475 g/mol. The molecular weight excluding hydrogens is 453 g/mol. The zero-order valence-electron chi connectivity index (χ0n) is 16.7. The van der Waals surface area contributed by atoms with E-state index in [1.54, 1.807) is 9.80 Å². The van der Waals surface area contributed by atoms with Crippen LogP contribution in [0.25, 0.3) is 0 Å². The highest BCUT2D eigenvalue weighted by molar-refractivity contribution is 7.99. The number of carbonyl (C=O) groups is 1. The molecule has 0 radical (unpaired) electrons. The van der Waals surface area contributed by atoms with Crippen molar-refractivity contribution in [3.63, 3.8) is 0 Å². The summed E-state index contributed by atoms with van der Waals surface area (Å²) in [5.41, 5.74) is -0.879. The van der Waals surface area contributed by atoms with E-state index in [9.17, 15) is 18.0 Å². The molecule has 1 aliphatic heterocycles. The first-order valence-electron chi connectivity index (χ1n) is 10.1. The van der Waals surface area contributed by atoms with Crippen LogP contribution in [0.15, 0.2) is 17.4 Å². The molecule has 0 unspecified atom stereocenters. The molecule has 0 atom stereocenters. The van der Waals surface area contributed by atoms with Gasteiger partial charge in [0.05, 0.1) is 16.3 Å². The number of hydrogen-bond acceptors (Lipinski definition) is 6. The van der Waals surface area contributed by atoms with Gasteiger partial charge in [0.1, 0.15) is 11.6 Å². The fourth-order valence-corrected chi connectivity index (χ4v) is 4.90. The molecule has 1 amide bonds. The van der Waals surface area contributed by atoms with Crippen LogP contribution in [0, 0.1) is 0 Å². The van der Waals surface area contributed by atoms with E-state index in [1.807, 2.05) is 0 Å². The molecule has 31 heavy (non-hydrogen) atoms. The summed E-state index contributed by atoms with van der Waals surface area (Å²) in [6.45, 7) is 1.78. The first kappa shape index (κ1) is 22.2. The number of rotatable bonds is 5. The van der Waals surface area contributed by atoms with E-state index in [1.165, 1.54) is 24.6 Å². The van der Waals surface area contributed by atoms with Crippen molar-refractivity contribution < 1.29 is 18.0 Å². The van der Waals surface area contributed by atoms with Gasteiger partial charge in [-0.25, -0.2) is 9.97 Å². The number of nitrogens with zero attached hydrogens (tertiary/aromatic N) is 5. The molecule has 168 valence electrons. The molecule has 4 rings (SSSR count). The fraction of sp³-hybridized carbons (Fsp3) is 0.579. The molecule has 3 heterocycles. The van der Waals surface area contributed by atoms with Gasteiger partial charge in [-0.15, -0.1) is 5.10 Å². The number of amides is 1. The second-order valence-electron chi connectivity index (χ2n) is 7.67. The highest BCUT2D eigenvalue weighted by Crippen LogP contribution is 2.34. The SMILES string of the molecule is O=C(CSc1n[nH]c(C2CCCC2)n1)N1CCN(c2ncc(C(F)(F)F)cc2Cl)CC1. The number of H-pyrrole nitrogens is 1. The van der Waals surface area contributed by atoms with Gasteiger partial charge in [0.15, 0.2) is 0 Å². The number of pyridine rings is 1. The summed E-state index contributed by atoms with van der Waals surface area (Å²) < 4.78 is 38.4. The maximum Gasteiger partial charge on any atom is 0.417 e. The standard InChI is InChI=1S/C19H22ClF3N6OS/c20-14-9-13(19(21,22)23)10-24-17(14)29-7-5-28(6-8-29)15(30)11-31-18-25-16(26-27-18)12-3-1-2-4-12/h9-10,12H,1-8,11H2,(H,25,26,27). The minimum Gasteiger partial charge on any atom is -0.352 e. The number of alkyl halides is 3. The molecule has 2 aliphatic rings. The zero-order chi connectivity index (χ0) is 22.0. The number of nitrogens with one attached hydrogen (secondary N) is 1. The summed E-state index contributed by atoms with van der Waals surface area (Å²) in [6, 6.07) is 0.884. The third-order valence-corrected chi connectivity index (χ3v) is 6.74. The highest BCUT2D eigenvalue weighted by Gasteiger charge is 2.32. The molecule has 2 fully saturated rings. The molecule has 1 aliphatic carbocycles. The van der Waals surface area contributed by atoms with Gasteiger partial charge in [-0.3, -0.25) is 9.89 Å². The second kappa shape index (κ2) is 9.23. The van der Waals surface area contributed by atoms with E-state index >= 15 is 0 Å². The van der Waals surface area contributed by atoms with Crippen molar-refractivity contribution in [2.24, 2.45) is 0 Å². The summed E-state index contributed by atoms with van der Waals surface area (Å²) >= 11 is 7.34. The molecule has 7 nitrogen and oxygen atoms in total. The lowest BCUT2D eigenvalue weighted by atomic mass is 10.1. The van der Waals surface area contributed by atoms with Gasteiger partial charge in [0, 0.05) is 38.3 Å². The van der Waals surface area contributed by atoms with Crippen molar-refractivity contribution in [1.82, 2.24) is 25.1 Å². The maximum atomic E-state index is 12.8. The molecule has 1 N–H and O–H groups in total. The summed E-state index contributed by atoms with van der Waals surface area (Å²) in [6.07, 6.45) is 0.975. The Morgan fingerprint density at radius 2 is 1.94 bits per heavy atom. The molecule has 0 spiro atoms. The van der Waals surface area contributed by atoms with Crippen LogP contribution in [0.5, 0.6) is 0 Å². The van der Waals surface area contributed by atoms with Gasteiger partial charge >= 0.3 is 6.18 Å². The lowest BCUT2D eigenvalue weighted by Crippen LogP contribution is -2.49. The fourth-order valence-electron chi connectivity index (χ4n) is 3.91. The molecule has 0 aromatic carbocycles. The zero-order valence-corrected chi connectivity index (χ0v) is 18.2. The first-order valence-corrected chi connectivity index (χ1v) is 11.5. The molecule has 1 saturated heterocycles. The van der Waals surface area contributed by atoms with Crippen molar-refractivity contribution in [2.45, 2.75) is 42.9 Å². The van der Waals surface area contributed by atoms with E-state index in [4.69, 9.17) is 11.6 Å². The third kappa shape index (κ3) is 5.25. The van der Waals surface area contributed by atoms with Crippen molar-refractivity contribution in [3.8, 4) is 0 Å². The summed E-state index contributed by atoms with van der Waals surface area (Å²) in [4.78, 5) is 24.5. The third-order valence-electron chi connectivity index (χ3n) is 5.63. The number of carbonyl (C=O) groups excluding carboxylic acids is 1. The second-order valence-corrected chi connectivity index (χ2v) is 9.02. The molecule has 2 aromatic heterocycles. The van der Waals surface area contributed by atoms with E-state index in [0.717, 1.165) is 30.9 Å². The smallest absolute Gasteiger partial charge is 0.352 e. The van der Waals surface area contributed by atoms with Gasteiger partial charge in [0.25, 0.3) is 0 Å². The first-order chi connectivity index (χ1) is 14.8. The van der Waals surface area contributed by atoms with Crippen molar-refractivity contribution >= 4 is 35.1 Å². The number of anilines is 1. The summed E-state index contributed by atoms with van der Waals surface area (Å²) in [7, 11) is 0. The molecule has 2 aromatic rings. The van der Waals surface area contributed by atoms with Gasteiger partial charge in [-0.1, -0.05) is 36.2 Å². The Hall–Kier alpha value is -2.01. The average Bonchev–Trinajstić information content (AvgIpc) is 3.43. The van der Waals surface area contributed by atoms with E-state index in [-0.39, 0.29) is 16.7 Å². The van der Waals surface area contributed by atoms with Gasteiger partial charge in [0.2, 0.25) is 11.1 Å². The normalized spacial score (nSPS) is 18.1. The minimum atomic E-state index is -4.49. The minimum absolute atomic E-state index is 0.0247. The molecule has 12 heteroatoms. The monoisotopic (exact) mass is 474 g/mol. The molecule has 1 saturated carbocycles. The van der Waals surface area contributed by atoms with Crippen LogP contribution in [0.2, 0.25) is 5.02 Å². The predicted molar refractivity (Wildman–Crippen MR) is 111 cm³/mol. The highest BCUT2D eigenvalue weighted by atomic mass is 35.5. The Labute approximate surface area is 186 Å². The Bertz CT molecular complexity index is 926. The number of thioether (sulfide) groups is 1. The van der Waals surface area contributed by atoms with E-state index in [2.05, 4.69) is 20.2 Å². The van der Waals surface area contributed by atoms with E-state index < -0.39 is 11.7 Å². The topological polar surface area (TPSA) is 78.0 Å². The van der Waals surface area contributed by atoms with Crippen molar-refractivity contribution in [3.05, 3.63) is 28.7 Å². The van der Waals surface area contributed by atoms with E-state index in [0.29, 0.717) is 43.1 Å². The van der Waals surface area contributed by atoms with Gasteiger partial charge in [-0.2, -0.15) is 13.2 Å². The van der Waals surface area contributed by atoms with Gasteiger partial charge < -0.3 is 9.80 Å². The maximum absolute atomic E-state index is 12.8. The molecule has 0 bridgehead atoms. The number of halogens is 4. The predicted octanol–water partition coefficient (Wildman–Crippen LogP) is 3.97. The Morgan fingerprint density at radius 3 is 2.58 bits per heavy atom. The Morgan fingerprint density at radius 1 is 1.23 bits per heavy atom. The van der Waals surface area contributed by atoms with Crippen LogP contribution >= 0.6 is 23.4 Å². The largest absolute Gasteiger partial charge is 0.417 e. The summed E-state index contributed by atoms with van der Waals surface area (Å²) in [5, 5.41) is 7.73. The Balaban J connectivity index is 1.27. The lowest BCUT2D eigenvalue weighted by Gasteiger charge is -2.35. The Kier molecular flexibility index (Phi) is 6.61. The van der Waals surface area contributed by atoms with Gasteiger partial charge in [-0.05, 0) is 18.9 Å². The molecular formula is C19H22ClF3N6OS. The van der Waals surface area contributed by atoms with Crippen LogP contribution in [-0.4, -0.2) is 62.9 Å². The lowest BCUT2D eigenvalue weighted by molar-refractivity contribution is -0.137. The number of aromatic nitrogens is 4. The van der Waals surface area contributed by atoms with Crippen molar-refractivity contribution in [1.29, 1.82) is 0 Å². The van der Waals surface area contributed by atoms with Crippen LogP contribution in [0.4, 0.5) is 19.0 Å². The number of hydrogen-bond donors (Lipinski definition) is 1. The van der Waals surface area contributed by atoms with Crippen LogP contribution in [0.1, 0.15) is 43.0 Å². The quantitative estimate of drug-likeness (QED) is 0.661.